The lowest BCUT2D eigenvalue weighted by atomic mass is 10.2. The van der Waals surface area contributed by atoms with Gasteiger partial charge in [-0.1, -0.05) is 13.8 Å². The Morgan fingerprint density at radius 1 is 1.16 bits per heavy atom. The van der Waals surface area contributed by atoms with Gasteiger partial charge in [-0.2, -0.15) is 0 Å². The Labute approximate surface area is 121 Å². The zero-order valence-corrected chi connectivity index (χ0v) is 12.7. The third-order valence-electron chi connectivity index (χ3n) is 2.55. The Morgan fingerprint density at radius 3 is 2.53 bits per heavy atom. The van der Waals surface area contributed by atoms with Crippen LogP contribution in [0.5, 0.6) is 0 Å². The van der Waals surface area contributed by atoms with Crippen LogP contribution >= 0.6 is 15.9 Å². The fraction of sp³-hybridized carbons (Fsp3) is 0.357. The Hall–Kier alpha value is -1.33. The molecule has 1 N–H and O–H groups in total. The normalized spacial score (nSPS) is 10.9. The monoisotopic (exact) mass is 320 g/mol. The van der Waals surface area contributed by atoms with Crippen molar-refractivity contribution >= 4 is 15.9 Å². The lowest BCUT2D eigenvalue weighted by Gasteiger charge is -2.07. The SMILES string of the molecule is CC(C)CNCc1cnc(-c2cncc(Br)c2)nc1. The van der Waals surface area contributed by atoms with Crippen molar-refractivity contribution in [3.8, 4) is 11.4 Å². The molecule has 5 heteroatoms. The quantitative estimate of drug-likeness (QED) is 0.920. The summed E-state index contributed by atoms with van der Waals surface area (Å²) < 4.78 is 0.927. The predicted molar refractivity (Wildman–Crippen MR) is 79.5 cm³/mol. The molecule has 0 aliphatic heterocycles. The van der Waals surface area contributed by atoms with Gasteiger partial charge in [0.1, 0.15) is 0 Å². The van der Waals surface area contributed by atoms with E-state index in [1.807, 2.05) is 18.5 Å². The maximum atomic E-state index is 4.38. The highest BCUT2D eigenvalue weighted by Gasteiger charge is 2.03. The Bertz CT molecular complexity index is 525. The first-order valence-corrected chi connectivity index (χ1v) is 7.07. The summed E-state index contributed by atoms with van der Waals surface area (Å²) in [7, 11) is 0. The van der Waals surface area contributed by atoms with E-state index in [2.05, 4.69) is 50.0 Å². The summed E-state index contributed by atoms with van der Waals surface area (Å²) in [4.78, 5) is 12.9. The van der Waals surface area contributed by atoms with Gasteiger partial charge < -0.3 is 5.32 Å². The summed E-state index contributed by atoms with van der Waals surface area (Å²) in [5.41, 5.74) is 2.00. The second-order valence-electron chi connectivity index (χ2n) is 4.83. The van der Waals surface area contributed by atoms with Crippen LogP contribution in [0.2, 0.25) is 0 Å². The summed E-state index contributed by atoms with van der Waals surface area (Å²) in [6, 6.07) is 1.96. The molecule has 0 saturated heterocycles. The van der Waals surface area contributed by atoms with E-state index in [9.17, 15) is 0 Å². The first-order valence-electron chi connectivity index (χ1n) is 6.27. The van der Waals surface area contributed by atoms with E-state index in [4.69, 9.17) is 0 Å². The predicted octanol–water partition coefficient (Wildman–Crippen LogP) is 3.05. The minimum absolute atomic E-state index is 0.646. The first-order chi connectivity index (χ1) is 9.15. The van der Waals surface area contributed by atoms with Crippen LogP contribution in [0.1, 0.15) is 19.4 Å². The van der Waals surface area contributed by atoms with E-state index in [-0.39, 0.29) is 0 Å². The molecule has 19 heavy (non-hydrogen) atoms. The third kappa shape index (κ3) is 4.36. The van der Waals surface area contributed by atoms with Gasteiger partial charge in [-0.15, -0.1) is 0 Å². The third-order valence-corrected chi connectivity index (χ3v) is 2.98. The summed E-state index contributed by atoms with van der Waals surface area (Å²) in [6.07, 6.45) is 7.22. The van der Waals surface area contributed by atoms with Crippen LogP contribution in [0, 0.1) is 5.92 Å². The molecule has 2 aromatic heterocycles. The van der Waals surface area contributed by atoms with Gasteiger partial charge in [0.05, 0.1) is 0 Å². The molecule has 0 bridgehead atoms. The fourth-order valence-electron chi connectivity index (χ4n) is 1.63. The van der Waals surface area contributed by atoms with Gasteiger partial charge in [-0.25, -0.2) is 9.97 Å². The van der Waals surface area contributed by atoms with Crippen LogP contribution in [0.15, 0.2) is 35.3 Å². The molecule has 0 aliphatic rings. The molecule has 0 amide bonds. The molecule has 0 saturated carbocycles. The van der Waals surface area contributed by atoms with Crippen molar-refractivity contribution in [1.82, 2.24) is 20.3 Å². The van der Waals surface area contributed by atoms with Gasteiger partial charge in [-0.3, -0.25) is 4.98 Å². The lowest BCUT2D eigenvalue weighted by Crippen LogP contribution is -2.19. The smallest absolute Gasteiger partial charge is 0.160 e. The van der Waals surface area contributed by atoms with Crippen LogP contribution in [0.25, 0.3) is 11.4 Å². The number of nitrogens with zero attached hydrogens (tertiary/aromatic N) is 3. The van der Waals surface area contributed by atoms with Gasteiger partial charge in [0.15, 0.2) is 5.82 Å². The van der Waals surface area contributed by atoms with Crippen LogP contribution in [-0.2, 0) is 6.54 Å². The molecule has 2 rings (SSSR count). The van der Waals surface area contributed by atoms with Crippen molar-refractivity contribution in [2.24, 2.45) is 5.92 Å². The summed E-state index contributed by atoms with van der Waals surface area (Å²) in [5, 5.41) is 3.37. The van der Waals surface area contributed by atoms with Crippen molar-refractivity contribution in [1.29, 1.82) is 0 Å². The second kappa shape index (κ2) is 6.73. The average Bonchev–Trinajstić information content (AvgIpc) is 2.39. The molecular formula is C14H17BrN4. The van der Waals surface area contributed by atoms with E-state index in [1.54, 1.807) is 12.4 Å². The Balaban J connectivity index is 2.02. The topological polar surface area (TPSA) is 50.7 Å². The van der Waals surface area contributed by atoms with Gasteiger partial charge in [0, 0.05) is 46.9 Å². The van der Waals surface area contributed by atoms with E-state index in [1.165, 1.54) is 0 Å². The number of rotatable bonds is 5. The summed E-state index contributed by atoms with van der Waals surface area (Å²) in [5.74, 6) is 1.34. The number of halogens is 1. The van der Waals surface area contributed by atoms with Gasteiger partial charge in [0.2, 0.25) is 0 Å². The molecule has 0 aliphatic carbocycles. The molecule has 0 radical (unpaired) electrons. The number of aromatic nitrogens is 3. The highest BCUT2D eigenvalue weighted by atomic mass is 79.9. The molecule has 0 spiro atoms. The molecule has 0 atom stereocenters. The van der Waals surface area contributed by atoms with Crippen LogP contribution in [0.3, 0.4) is 0 Å². The molecule has 4 nitrogen and oxygen atoms in total. The van der Waals surface area contributed by atoms with Gasteiger partial charge in [0.25, 0.3) is 0 Å². The number of pyridine rings is 1. The van der Waals surface area contributed by atoms with Gasteiger partial charge >= 0.3 is 0 Å². The Morgan fingerprint density at radius 2 is 1.89 bits per heavy atom. The molecule has 2 aromatic rings. The minimum atomic E-state index is 0.646. The zero-order chi connectivity index (χ0) is 13.7. The number of hydrogen-bond donors (Lipinski definition) is 1. The lowest BCUT2D eigenvalue weighted by molar-refractivity contribution is 0.551. The second-order valence-corrected chi connectivity index (χ2v) is 5.75. The molecular weight excluding hydrogens is 304 g/mol. The molecule has 0 fully saturated rings. The maximum Gasteiger partial charge on any atom is 0.160 e. The average molecular weight is 321 g/mol. The van der Waals surface area contributed by atoms with Crippen molar-refractivity contribution in [2.75, 3.05) is 6.54 Å². The summed E-state index contributed by atoms with van der Waals surface area (Å²) in [6.45, 7) is 6.17. The van der Waals surface area contributed by atoms with Crippen LogP contribution < -0.4 is 5.32 Å². The standard InChI is InChI=1S/C14H17BrN4/c1-10(2)4-16-5-11-6-18-14(19-7-11)12-3-13(15)9-17-8-12/h3,6-10,16H,4-5H2,1-2H3. The first kappa shape index (κ1) is 14.1. The molecule has 2 heterocycles. The number of nitrogens with one attached hydrogen (secondary N) is 1. The molecule has 100 valence electrons. The van der Waals surface area contributed by atoms with E-state index in [0.29, 0.717) is 11.7 Å². The van der Waals surface area contributed by atoms with Crippen LogP contribution in [0.4, 0.5) is 0 Å². The minimum Gasteiger partial charge on any atom is -0.312 e. The highest BCUT2D eigenvalue weighted by Crippen LogP contribution is 2.17. The van der Waals surface area contributed by atoms with Crippen molar-refractivity contribution in [3.05, 3.63) is 40.9 Å². The fourth-order valence-corrected chi connectivity index (χ4v) is 2.00. The number of hydrogen-bond acceptors (Lipinski definition) is 4. The molecule has 0 unspecified atom stereocenters. The molecule has 0 aromatic carbocycles. The highest BCUT2D eigenvalue weighted by molar-refractivity contribution is 9.10. The van der Waals surface area contributed by atoms with Crippen molar-refractivity contribution in [2.45, 2.75) is 20.4 Å². The van der Waals surface area contributed by atoms with E-state index >= 15 is 0 Å². The zero-order valence-electron chi connectivity index (χ0n) is 11.1. The van der Waals surface area contributed by atoms with E-state index in [0.717, 1.165) is 28.7 Å². The maximum absolute atomic E-state index is 4.38. The Kier molecular flexibility index (Phi) is 4.99. The van der Waals surface area contributed by atoms with Crippen molar-refractivity contribution in [3.63, 3.8) is 0 Å². The van der Waals surface area contributed by atoms with Crippen LogP contribution in [-0.4, -0.2) is 21.5 Å². The summed E-state index contributed by atoms with van der Waals surface area (Å²) >= 11 is 3.39. The van der Waals surface area contributed by atoms with E-state index < -0.39 is 0 Å². The van der Waals surface area contributed by atoms with Crippen molar-refractivity contribution < 1.29 is 0 Å². The van der Waals surface area contributed by atoms with Gasteiger partial charge in [-0.05, 0) is 34.5 Å². The largest absolute Gasteiger partial charge is 0.312 e.